The van der Waals surface area contributed by atoms with Crippen LogP contribution < -0.4 is 5.73 Å². The Morgan fingerprint density at radius 1 is 1.80 bits per heavy atom. The first kappa shape index (κ1) is 8.87. The van der Waals surface area contributed by atoms with Crippen LogP contribution in [0.2, 0.25) is 0 Å². The molecule has 0 aliphatic rings. The van der Waals surface area contributed by atoms with E-state index in [1.807, 2.05) is 0 Å². The van der Waals surface area contributed by atoms with E-state index < -0.39 is 0 Å². The summed E-state index contributed by atoms with van der Waals surface area (Å²) in [5.74, 6) is 0. The maximum atomic E-state index is 7.50. The van der Waals surface area contributed by atoms with Gasteiger partial charge in [0, 0.05) is 0 Å². The van der Waals surface area contributed by atoms with Crippen molar-refractivity contribution in [2.24, 2.45) is 5.73 Å². The lowest BCUT2D eigenvalue weighted by Gasteiger charge is -1.51. The molecule has 0 saturated heterocycles. The number of nitriles is 1. The highest BCUT2D eigenvalue weighted by molar-refractivity contribution is 8.93. The quantitative estimate of drug-likeness (QED) is 0.479. The second-order valence-electron chi connectivity index (χ2n) is 0.362. The molecule has 0 amide bonds. The molecule has 0 aliphatic carbocycles. The molecule has 0 aliphatic heterocycles. The van der Waals surface area contributed by atoms with Crippen molar-refractivity contribution < 1.29 is 0 Å². The van der Waals surface area contributed by atoms with Gasteiger partial charge in [-0.1, -0.05) is 0 Å². The molecule has 0 aromatic heterocycles. The molecule has 0 aromatic carbocycles. The molecule has 30 valence electrons. The van der Waals surface area contributed by atoms with Crippen LogP contribution in [0.25, 0.3) is 0 Å². The van der Waals surface area contributed by atoms with Gasteiger partial charge in [0.25, 0.3) is 0 Å². The Balaban J connectivity index is 0. The number of halogens is 1. The average Bonchev–Trinajstić information content (AvgIpc) is 1.37. The molecule has 2 N–H and O–H groups in total. The van der Waals surface area contributed by atoms with Gasteiger partial charge < -0.3 is 5.73 Å². The van der Waals surface area contributed by atoms with Crippen LogP contribution in [0.15, 0.2) is 0 Å². The van der Waals surface area contributed by atoms with Gasteiger partial charge in [0.15, 0.2) is 0 Å². The lowest BCUT2D eigenvalue weighted by molar-refractivity contribution is 1.25. The monoisotopic (exact) mass is 136 g/mol. The molecule has 3 heteroatoms. The molecular weight excluding hydrogens is 132 g/mol. The van der Waals surface area contributed by atoms with E-state index in [1.165, 1.54) is 0 Å². The van der Waals surface area contributed by atoms with Gasteiger partial charge in [0.1, 0.15) is 0 Å². The molecule has 5 heavy (non-hydrogen) atoms. The van der Waals surface area contributed by atoms with Crippen molar-refractivity contribution in [2.75, 3.05) is 6.54 Å². The zero-order valence-corrected chi connectivity index (χ0v) is 4.35. The zero-order chi connectivity index (χ0) is 3.41. The van der Waals surface area contributed by atoms with Crippen LogP contribution >= 0.6 is 17.0 Å². The second-order valence-corrected chi connectivity index (χ2v) is 0.362. The van der Waals surface area contributed by atoms with E-state index in [-0.39, 0.29) is 23.5 Å². The summed E-state index contributed by atoms with van der Waals surface area (Å²) in [7, 11) is 0. The minimum absolute atomic E-state index is 0. The molecule has 0 radical (unpaired) electrons. The van der Waals surface area contributed by atoms with E-state index in [4.69, 9.17) is 5.26 Å². The van der Waals surface area contributed by atoms with Crippen molar-refractivity contribution in [1.82, 2.24) is 0 Å². The first-order valence-corrected chi connectivity index (χ1v) is 0.985. The maximum Gasteiger partial charge on any atom is 0.0815 e. The van der Waals surface area contributed by atoms with E-state index in [1.54, 1.807) is 6.07 Å². The highest BCUT2D eigenvalue weighted by Gasteiger charge is 1.48. The van der Waals surface area contributed by atoms with Crippen LogP contribution in [-0.4, -0.2) is 6.54 Å². The smallest absolute Gasteiger partial charge is 0.0815 e. The molecule has 0 aromatic rings. The third-order valence-electron chi connectivity index (χ3n) is 0.0913. The van der Waals surface area contributed by atoms with Crippen molar-refractivity contribution >= 4 is 17.0 Å². The molecule has 2 nitrogen and oxygen atoms in total. The van der Waals surface area contributed by atoms with Crippen LogP contribution in [0, 0.1) is 11.3 Å². The predicted molar refractivity (Wildman–Crippen MR) is 25.0 cm³/mol. The Morgan fingerprint density at radius 3 is 2.00 bits per heavy atom. The first-order valence-electron chi connectivity index (χ1n) is 0.985. The Bertz CT molecular complexity index is 37.4. The minimum Gasteiger partial charge on any atom is -0.318 e. The molecule has 0 fully saturated rings. The van der Waals surface area contributed by atoms with Crippen LogP contribution in [0.3, 0.4) is 0 Å². The third kappa shape index (κ3) is 16.9. The minimum atomic E-state index is 0. The number of hydrogen-bond acceptors (Lipinski definition) is 2. The topological polar surface area (TPSA) is 49.8 Å². The fourth-order valence-electron chi connectivity index (χ4n) is 0. The summed E-state index contributed by atoms with van der Waals surface area (Å²) in [4.78, 5) is 0. The Hall–Kier alpha value is -0.0700. The summed E-state index contributed by atoms with van der Waals surface area (Å²) >= 11 is 0. The van der Waals surface area contributed by atoms with E-state index in [0.717, 1.165) is 0 Å². The summed E-state index contributed by atoms with van der Waals surface area (Å²) in [6.07, 6.45) is 0. The highest BCUT2D eigenvalue weighted by atomic mass is 79.9. The number of hydrogen-bond donors (Lipinski definition) is 1. The molecular formula is C2H5BrN2. The average molecular weight is 137 g/mol. The van der Waals surface area contributed by atoms with E-state index in [2.05, 4.69) is 5.73 Å². The molecule has 0 saturated carbocycles. The van der Waals surface area contributed by atoms with Crippen LogP contribution in [0.1, 0.15) is 0 Å². The first-order chi connectivity index (χ1) is 1.91. The van der Waals surface area contributed by atoms with E-state index in [0.29, 0.717) is 0 Å². The summed E-state index contributed by atoms with van der Waals surface area (Å²) in [5.41, 5.74) is 4.67. The van der Waals surface area contributed by atoms with E-state index >= 15 is 0 Å². The van der Waals surface area contributed by atoms with Crippen LogP contribution in [-0.2, 0) is 0 Å². The van der Waals surface area contributed by atoms with Crippen LogP contribution in [0.5, 0.6) is 0 Å². The van der Waals surface area contributed by atoms with Crippen LogP contribution in [0.4, 0.5) is 0 Å². The summed E-state index contributed by atoms with van der Waals surface area (Å²) in [5, 5.41) is 7.50. The van der Waals surface area contributed by atoms with Gasteiger partial charge in [-0.15, -0.1) is 17.0 Å². The van der Waals surface area contributed by atoms with Gasteiger partial charge in [-0.25, -0.2) is 0 Å². The fraction of sp³-hybridized carbons (Fsp3) is 0.500. The summed E-state index contributed by atoms with van der Waals surface area (Å²) < 4.78 is 0. The number of nitrogens with two attached hydrogens (primary N) is 1. The zero-order valence-electron chi connectivity index (χ0n) is 2.64. The molecule has 0 heterocycles. The Kier molecular flexibility index (Phi) is 16.1. The highest BCUT2D eigenvalue weighted by Crippen LogP contribution is 1.25. The van der Waals surface area contributed by atoms with Gasteiger partial charge in [-0.2, -0.15) is 5.26 Å². The molecule has 0 atom stereocenters. The predicted octanol–water partition coefficient (Wildman–Crippen LogP) is 0.0466. The molecule has 0 bridgehead atoms. The SMILES string of the molecule is Br.N#CCN. The number of nitrogens with zero attached hydrogens (tertiary/aromatic N) is 1. The lowest BCUT2D eigenvalue weighted by atomic mass is 10.8. The summed E-state index contributed by atoms with van der Waals surface area (Å²) in [6, 6.07) is 1.71. The van der Waals surface area contributed by atoms with Gasteiger partial charge in [0.2, 0.25) is 0 Å². The van der Waals surface area contributed by atoms with Crippen molar-refractivity contribution in [2.45, 2.75) is 0 Å². The normalized spacial score (nSPS) is 4.00. The lowest BCUT2D eigenvalue weighted by Crippen LogP contribution is -1.91. The second kappa shape index (κ2) is 9.06. The van der Waals surface area contributed by atoms with Gasteiger partial charge in [-0.05, 0) is 0 Å². The Labute approximate surface area is 41.3 Å². The summed E-state index contributed by atoms with van der Waals surface area (Å²) in [6.45, 7) is 0.125. The number of rotatable bonds is 0. The largest absolute Gasteiger partial charge is 0.318 e. The van der Waals surface area contributed by atoms with Crippen molar-refractivity contribution in [3.8, 4) is 6.07 Å². The van der Waals surface area contributed by atoms with Gasteiger partial charge in [0.05, 0.1) is 12.6 Å². The standard InChI is InChI=1S/C2H4N2.BrH/c3-1-2-4;/h1,3H2;1H. The van der Waals surface area contributed by atoms with Crippen molar-refractivity contribution in [3.05, 3.63) is 0 Å². The van der Waals surface area contributed by atoms with Gasteiger partial charge >= 0.3 is 0 Å². The molecule has 0 rings (SSSR count). The van der Waals surface area contributed by atoms with Gasteiger partial charge in [-0.3, -0.25) is 0 Å². The van der Waals surface area contributed by atoms with Crippen molar-refractivity contribution in [3.63, 3.8) is 0 Å². The maximum absolute atomic E-state index is 7.50. The fourth-order valence-corrected chi connectivity index (χ4v) is 0. The molecule has 0 unspecified atom stereocenters. The molecule has 0 spiro atoms. The Morgan fingerprint density at radius 2 is 2.00 bits per heavy atom. The van der Waals surface area contributed by atoms with E-state index in [9.17, 15) is 0 Å². The van der Waals surface area contributed by atoms with Crippen molar-refractivity contribution in [1.29, 1.82) is 5.26 Å². The third-order valence-corrected chi connectivity index (χ3v) is 0.0913.